The minimum atomic E-state index is -0.695. The van der Waals surface area contributed by atoms with Gasteiger partial charge >= 0.3 is 0 Å². The smallest absolute Gasteiger partial charge is 0.235 e. The first-order valence-corrected chi connectivity index (χ1v) is 8.80. The van der Waals surface area contributed by atoms with Crippen molar-refractivity contribution in [3.8, 4) is 0 Å². The van der Waals surface area contributed by atoms with E-state index in [0.29, 0.717) is 4.99 Å². The second-order valence-electron chi connectivity index (χ2n) is 5.55. The quantitative estimate of drug-likeness (QED) is 0.730. The van der Waals surface area contributed by atoms with Crippen LogP contribution in [0.25, 0.3) is 0 Å². The van der Waals surface area contributed by atoms with Crippen molar-refractivity contribution in [2.75, 3.05) is 7.05 Å². The molecule has 3 nitrogen and oxygen atoms in total. The molecule has 1 atom stereocenters. The summed E-state index contributed by atoms with van der Waals surface area (Å²) in [5, 5.41) is 2.03. The van der Waals surface area contributed by atoms with Crippen molar-refractivity contribution in [3.63, 3.8) is 0 Å². The van der Waals surface area contributed by atoms with E-state index in [1.54, 1.807) is 16.2 Å². The highest BCUT2D eigenvalue weighted by atomic mass is 32.1. The van der Waals surface area contributed by atoms with Crippen LogP contribution in [-0.2, 0) is 4.79 Å². The Hall–Kier alpha value is -0.940. The Morgan fingerprint density at radius 1 is 1.43 bits per heavy atom. The summed E-state index contributed by atoms with van der Waals surface area (Å²) in [5.74, 6) is 0.0552. The number of carbonyl (C=O) groups excluding carboxylic acids is 1. The number of rotatable bonds is 8. The van der Waals surface area contributed by atoms with Gasteiger partial charge in [-0.15, -0.1) is 11.3 Å². The first kappa shape index (κ1) is 18.1. The van der Waals surface area contributed by atoms with E-state index in [9.17, 15) is 4.79 Å². The summed E-state index contributed by atoms with van der Waals surface area (Å²) in [4.78, 5) is 16.4. The molecule has 1 amide bonds. The van der Waals surface area contributed by atoms with Gasteiger partial charge in [0.15, 0.2) is 0 Å². The molecule has 1 unspecified atom stereocenters. The molecule has 2 N–H and O–H groups in total. The summed E-state index contributed by atoms with van der Waals surface area (Å²) in [6.07, 6.45) is 3.22. The molecule has 5 heteroatoms. The molecular formula is C16H26N2OS2. The van der Waals surface area contributed by atoms with Crippen LogP contribution in [-0.4, -0.2) is 22.8 Å². The van der Waals surface area contributed by atoms with Crippen LogP contribution < -0.4 is 5.73 Å². The molecule has 0 fully saturated rings. The van der Waals surface area contributed by atoms with Gasteiger partial charge in [0, 0.05) is 11.9 Å². The number of hydrogen-bond acceptors (Lipinski definition) is 3. The van der Waals surface area contributed by atoms with Gasteiger partial charge in [-0.1, -0.05) is 45.0 Å². The molecular weight excluding hydrogens is 300 g/mol. The molecule has 0 aliphatic heterocycles. The van der Waals surface area contributed by atoms with E-state index in [-0.39, 0.29) is 11.9 Å². The van der Waals surface area contributed by atoms with Crippen LogP contribution in [0.3, 0.4) is 0 Å². The molecule has 21 heavy (non-hydrogen) atoms. The maximum Gasteiger partial charge on any atom is 0.235 e. The normalized spacial score (nSPS) is 13.0. The lowest BCUT2D eigenvalue weighted by molar-refractivity contribution is -0.139. The first-order chi connectivity index (χ1) is 9.90. The number of amides is 1. The van der Waals surface area contributed by atoms with E-state index in [2.05, 4.69) is 19.9 Å². The molecule has 0 aliphatic carbocycles. The number of thiocarbonyl (C=S) groups is 1. The van der Waals surface area contributed by atoms with E-state index in [1.165, 1.54) is 4.88 Å². The lowest BCUT2D eigenvalue weighted by atomic mass is 9.77. The monoisotopic (exact) mass is 326 g/mol. The molecule has 1 rings (SSSR count). The number of thiophene rings is 1. The van der Waals surface area contributed by atoms with Gasteiger partial charge in [0.2, 0.25) is 5.91 Å². The highest BCUT2D eigenvalue weighted by Crippen LogP contribution is 2.35. The standard InChI is InChI=1S/C16H26N2OS2/c1-5-9-16(10-6-2,14(17)20)15(19)18(4)12(3)13-8-7-11-21-13/h7-8,11-12H,5-6,9-10H2,1-4H3,(H2,17,20). The van der Waals surface area contributed by atoms with Crippen LogP contribution >= 0.6 is 23.6 Å². The maximum absolute atomic E-state index is 13.1. The molecule has 1 aromatic heterocycles. The van der Waals surface area contributed by atoms with Crippen molar-refractivity contribution < 1.29 is 4.79 Å². The maximum atomic E-state index is 13.1. The third-order valence-electron chi connectivity index (χ3n) is 4.09. The average Bonchev–Trinajstić information content (AvgIpc) is 2.98. The van der Waals surface area contributed by atoms with Gasteiger partial charge in [-0.2, -0.15) is 0 Å². The predicted molar refractivity (Wildman–Crippen MR) is 94.5 cm³/mol. The highest BCUT2D eigenvalue weighted by Gasteiger charge is 2.42. The molecule has 0 saturated heterocycles. The SMILES string of the molecule is CCCC(CCC)(C(=O)N(C)C(C)c1cccs1)C(N)=S. The number of nitrogens with two attached hydrogens (primary N) is 1. The van der Waals surface area contributed by atoms with Gasteiger partial charge < -0.3 is 10.6 Å². The van der Waals surface area contributed by atoms with Crippen molar-refractivity contribution in [3.05, 3.63) is 22.4 Å². The second kappa shape index (κ2) is 7.90. The largest absolute Gasteiger partial charge is 0.392 e. The third-order valence-corrected chi connectivity index (χ3v) is 5.52. The van der Waals surface area contributed by atoms with Gasteiger partial charge in [0.05, 0.1) is 16.4 Å². The van der Waals surface area contributed by atoms with E-state index in [0.717, 1.165) is 25.7 Å². The fourth-order valence-corrected chi connectivity index (χ4v) is 3.90. The molecule has 0 radical (unpaired) electrons. The van der Waals surface area contributed by atoms with Gasteiger partial charge in [-0.25, -0.2) is 0 Å². The summed E-state index contributed by atoms with van der Waals surface area (Å²) in [7, 11) is 1.85. The molecule has 0 spiro atoms. The Morgan fingerprint density at radius 3 is 2.38 bits per heavy atom. The van der Waals surface area contributed by atoms with Gasteiger partial charge in [-0.05, 0) is 31.2 Å². The fraction of sp³-hybridized carbons (Fsp3) is 0.625. The van der Waals surface area contributed by atoms with Crippen molar-refractivity contribution in [2.45, 2.75) is 52.5 Å². The van der Waals surface area contributed by atoms with E-state index in [1.807, 2.05) is 25.4 Å². The lowest BCUT2D eigenvalue weighted by Crippen LogP contribution is -2.50. The predicted octanol–water partition coefficient (Wildman–Crippen LogP) is 4.14. The van der Waals surface area contributed by atoms with Crippen LogP contribution in [0.1, 0.15) is 57.4 Å². The number of carbonyl (C=O) groups is 1. The number of nitrogens with zero attached hydrogens (tertiary/aromatic N) is 1. The van der Waals surface area contributed by atoms with Crippen LogP contribution in [0.2, 0.25) is 0 Å². The zero-order valence-electron chi connectivity index (χ0n) is 13.4. The second-order valence-corrected chi connectivity index (χ2v) is 6.97. The molecule has 1 aromatic rings. The Morgan fingerprint density at radius 2 is 2.00 bits per heavy atom. The zero-order valence-corrected chi connectivity index (χ0v) is 15.0. The van der Waals surface area contributed by atoms with Crippen molar-refractivity contribution in [2.24, 2.45) is 11.1 Å². The van der Waals surface area contributed by atoms with Gasteiger partial charge in [-0.3, -0.25) is 4.79 Å². The molecule has 0 bridgehead atoms. The van der Waals surface area contributed by atoms with Crippen LogP contribution in [0.15, 0.2) is 17.5 Å². The van der Waals surface area contributed by atoms with Crippen LogP contribution in [0.4, 0.5) is 0 Å². The van der Waals surface area contributed by atoms with Crippen molar-refractivity contribution >= 4 is 34.5 Å². The Labute approximate surface area is 137 Å². The van der Waals surface area contributed by atoms with Gasteiger partial charge in [0.25, 0.3) is 0 Å². The topological polar surface area (TPSA) is 46.3 Å². The van der Waals surface area contributed by atoms with E-state index in [4.69, 9.17) is 18.0 Å². The Bertz CT molecular complexity index is 465. The Kier molecular flexibility index (Phi) is 6.81. The van der Waals surface area contributed by atoms with Crippen molar-refractivity contribution in [1.29, 1.82) is 0 Å². The van der Waals surface area contributed by atoms with Gasteiger partial charge in [0.1, 0.15) is 0 Å². The lowest BCUT2D eigenvalue weighted by Gasteiger charge is -2.37. The highest BCUT2D eigenvalue weighted by molar-refractivity contribution is 7.80. The summed E-state index contributed by atoms with van der Waals surface area (Å²) in [5.41, 5.74) is 5.29. The van der Waals surface area contributed by atoms with E-state index < -0.39 is 5.41 Å². The molecule has 0 aromatic carbocycles. The molecule has 118 valence electrons. The molecule has 0 aliphatic rings. The summed E-state index contributed by atoms with van der Waals surface area (Å²) >= 11 is 6.94. The van der Waals surface area contributed by atoms with Crippen molar-refractivity contribution in [1.82, 2.24) is 4.90 Å². The fourth-order valence-electron chi connectivity index (χ4n) is 2.78. The average molecular weight is 327 g/mol. The summed E-state index contributed by atoms with van der Waals surface area (Å²) in [6, 6.07) is 4.11. The minimum Gasteiger partial charge on any atom is -0.392 e. The Balaban J connectivity index is 3.06. The third kappa shape index (κ3) is 3.83. The summed E-state index contributed by atoms with van der Waals surface area (Å²) in [6.45, 7) is 6.18. The number of hydrogen-bond donors (Lipinski definition) is 1. The minimum absolute atomic E-state index is 0.0416. The summed E-state index contributed by atoms with van der Waals surface area (Å²) < 4.78 is 0. The van der Waals surface area contributed by atoms with E-state index >= 15 is 0 Å². The van der Waals surface area contributed by atoms with Crippen LogP contribution in [0.5, 0.6) is 0 Å². The first-order valence-electron chi connectivity index (χ1n) is 7.51. The van der Waals surface area contributed by atoms with Crippen LogP contribution in [0, 0.1) is 5.41 Å². The molecule has 1 heterocycles. The zero-order chi connectivity index (χ0) is 16.0. The molecule has 0 saturated carbocycles.